The molecule has 0 aliphatic rings. The lowest BCUT2D eigenvalue weighted by molar-refractivity contribution is -0.150. The average molecular weight is 481 g/mol. The molecule has 1 atom stereocenters. The summed E-state index contributed by atoms with van der Waals surface area (Å²) in [5.74, 6) is -0.210. The van der Waals surface area contributed by atoms with Gasteiger partial charge in [-0.15, -0.1) is 0 Å². The van der Waals surface area contributed by atoms with Crippen LogP contribution in [-0.4, -0.2) is 24.5 Å². The minimum Gasteiger partial charge on any atom is -0.462 e. The van der Waals surface area contributed by atoms with E-state index in [-0.39, 0.29) is 24.4 Å². The number of rotatable bonds is 26. The van der Waals surface area contributed by atoms with Crippen molar-refractivity contribution in [1.82, 2.24) is 5.32 Å². The Kier molecular flexibility index (Phi) is 25.7. The number of carbonyl (C=O) groups is 2. The number of unbranched alkanes of at least 4 members (excludes halogenated alkanes) is 18. The van der Waals surface area contributed by atoms with Crippen molar-refractivity contribution >= 4 is 11.9 Å². The average Bonchev–Trinajstić information content (AvgIpc) is 2.81. The first-order valence-electron chi connectivity index (χ1n) is 14.9. The first-order valence-corrected chi connectivity index (χ1v) is 14.9. The Hall–Kier alpha value is -1.06. The highest BCUT2D eigenvalue weighted by molar-refractivity contribution is 5.77. The van der Waals surface area contributed by atoms with Crippen molar-refractivity contribution in [3.8, 4) is 0 Å². The highest BCUT2D eigenvalue weighted by Gasteiger charge is 2.18. The summed E-state index contributed by atoms with van der Waals surface area (Å²) in [6.45, 7) is 8.55. The Balaban J connectivity index is 3.91. The summed E-state index contributed by atoms with van der Waals surface area (Å²) in [6.07, 6.45) is 26.5. The number of carbonyl (C=O) groups excluding carboxylic acids is 2. The Morgan fingerprint density at radius 3 is 1.50 bits per heavy atom. The van der Waals surface area contributed by atoms with E-state index in [0.29, 0.717) is 13.0 Å². The molecule has 0 unspecified atom stereocenters. The van der Waals surface area contributed by atoms with E-state index < -0.39 is 0 Å². The van der Waals surface area contributed by atoms with Gasteiger partial charge >= 0.3 is 5.97 Å². The Bertz CT molecular complexity index is 452. The quantitative estimate of drug-likeness (QED) is 0.0993. The highest BCUT2D eigenvalue weighted by atomic mass is 16.5. The first-order chi connectivity index (χ1) is 16.6. The predicted molar refractivity (Wildman–Crippen MR) is 146 cm³/mol. The van der Waals surface area contributed by atoms with Gasteiger partial charge in [-0.3, -0.25) is 9.59 Å². The molecular weight excluding hydrogens is 422 g/mol. The van der Waals surface area contributed by atoms with Crippen LogP contribution in [0.25, 0.3) is 0 Å². The van der Waals surface area contributed by atoms with E-state index in [9.17, 15) is 9.59 Å². The summed E-state index contributed by atoms with van der Waals surface area (Å²) in [6, 6.07) is 0. The maximum atomic E-state index is 12.3. The fraction of sp³-hybridized carbons (Fsp3) is 0.900. The molecule has 0 spiro atoms. The Morgan fingerprint density at radius 2 is 1.06 bits per heavy atom. The molecule has 34 heavy (non-hydrogen) atoms. The molecule has 0 aromatic heterocycles. The number of hydrogen-bond acceptors (Lipinski definition) is 3. The summed E-state index contributed by atoms with van der Waals surface area (Å²) < 4.78 is 5.71. The molecule has 0 aliphatic carbocycles. The minimum absolute atomic E-state index is 0.0709. The second kappa shape index (κ2) is 26.5. The molecular formula is C30H58NO3. The fourth-order valence-electron chi connectivity index (χ4n) is 4.48. The molecule has 4 nitrogen and oxygen atoms in total. The number of amides is 1. The molecule has 1 radical (unpaired) electrons. The van der Waals surface area contributed by atoms with Crippen LogP contribution in [-0.2, 0) is 14.3 Å². The van der Waals surface area contributed by atoms with E-state index in [1.807, 2.05) is 0 Å². The van der Waals surface area contributed by atoms with Crippen molar-refractivity contribution in [2.75, 3.05) is 6.54 Å². The molecule has 0 rings (SSSR count). The lowest BCUT2D eigenvalue weighted by Gasteiger charge is -2.18. The van der Waals surface area contributed by atoms with Crippen molar-refractivity contribution in [2.45, 2.75) is 168 Å². The van der Waals surface area contributed by atoms with E-state index in [1.54, 1.807) is 0 Å². The van der Waals surface area contributed by atoms with Gasteiger partial charge in [0, 0.05) is 13.0 Å². The smallest absolute Gasteiger partial charge is 0.306 e. The highest BCUT2D eigenvalue weighted by Crippen LogP contribution is 2.16. The lowest BCUT2D eigenvalue weighted by Crippen LogP contribution is -2.29. The van der Waals surface area contributed by atoms with Crippen LogP contribution in [0.1, 0.15) is 162 Å². The van der Waals surface area contributed by atoms with Crippen LogP contribution in [0.5, 0.6) is 0 Å². The second-order valence-corrected chi connectivity index (χ2v) is 10.1. The summed E-state index contributed by atoms with van der Waals surface area (Å²) in [7, 11) is 0. The van der Waals surface area contributed by atoms with Crippen molar-refractivity contribution in [3.05, 3.63) is 6.92 Å². The van der Waals surface area contributed by atoms with Crippen molar-refractivity contribution < 1.29 is 14.3 Å². The molecule has 0 bridgehead atoms. The number of ether oxygens (including phenoxy) is 1. The molecule has 0 aromatic rings. The molecule has 0 aromatic carbocycles. The van der Waals surface area contributed by atoms with Crippen molar-refractivity contribution in [3.63, 3.8) is 0 Å². The second-order valence-electron chi connectivity index (χ2n) is 10.1. The van der Waals surface area contributed by atoms with Gasteiger partial charge in [0.15, 0.2) is 0 Å². The molecule has 1 amide bonds. The third-order valence-corrected chi connectivity index (χ3v) is 6.65. The number of hydrogen-bond donors (Lipinski definition) is 1. The van der Waals surface area contributed by atoms with Crippen LogP contribution in [0, 0.1) is 6.92 Å². The molecule has 4 heteroatoms. The maximum absolute atomic E-state index is 12.3. The molecule has 0 aliphatic heterocycles. The van der Waals surface area contributed by atoms with Gasteiger partial charge < -0.3 is 10.1 Å². The fourth-order valence-corrected chi connectivity index (χ4v) is 4.48. The molecule has 0 heterocycles. The molecule has 0 saturated heterocycles. The topological polar surface area (TPSA) is 55.4 Å². The molecule has 0 saturated carbocycles. The zero-order valence-electron chi connectivity index (χ0n) is 23.0. The van der Waals surface area contributed by atoms with Gasteiger partial charge in [-0.05, 0) is 26.2 Å². The predicted octanol–water partition coefficient (Wildman–Crippen LogP) is 8.86. The van der Waals surface area contributed by atoms with Gasteiger partial charge in [0.1, 0.15) is 6.10 Å². The number of esters is 1. The van der Waals surface area contributed by atoms with Crippen LogP contribution < -0.4 is 5.32 Å². The van der Waals surface area contributed by atoms with Crippen LogP contribution in [0.2, 0.25) is 0 Å². The van der Waals surface area contributed by atoms with Crippen LogP contribution >= 0.6 is 0 Å². The monoisotopic (exact) mass is 480 g/mol. The normalized spacial score (nSPS) is 12.0. The summed E-state index contributed by atoms with van der Waals surface area (Å²) in [5, 5.41) is 2.73. The van der Waals surface area contributed by atoms with E-state index in [1.165, 1.54) is 103 Å². The van der Waals surface area contributed by atoms with E-state index in [2.05, 4.69) is 26.1 Å². The van der Waals surface area contributed by atoms with Crippen LogP contribution in [0.4, 0.5) is 0 Å². The van der Waals surface area contributed by atoms with Gasteiger partial charge in [0.2, 0.25) is 5.91 Å². The van der Waals surface area contributed by atoms with Crippen molar-refractivity contribution in [2.24, 2.45) is 0 Å². The van der Waals surface area contributed by atoms with Crippen molar-refractivity contribution in [1.29, 1.82) is 0 Å². The molecule has 0 fully saturated rings. The summed E-state index contributed by atoms with van der Waals surface area (Å²) >= 11 is 0. The van der Waals surface area contributed by atoms with Gasteiger partial charge in [0.05, 0.1) is 6.42 Å². The summed E-state index contributed by atoms with van der Waals surface area (Å²) in [4.78, 5) is 24.4. The van der Waals surface area contributed by atoms with Gasteiger partial charge in [-0.1, -0.05) is 129 Å². The standard InChI is InChI=1S/C30H58NO3/c1-4-7-9-11-13-15-16-18-20-22-24-26-30(33)34-28(27-29(32)31-6-3)25-23-21-19-17-14-12-10-8-5-2/h28H,3-27H2,1-2H3,(H,31,32)/t28-/m1/s1. The van der Waals surface area contributed by atoms with Crippen LogP contribution in [0.3, 0.4) is 0 Å². The van der Waals surface area contributed by atoms with E-state index in [0.717, 1.165) is 32.1 Å². The van der Waals surface area contributed by atoms with E-state index >= 15 is 0 Å². The van der Waals surface area contributed by atoms with E-state index in [4.69, 9.17) is 4.74 Å². The maximum Gasteiger partial charge on any atom is 0.306 e. The van der Waals surface area contributed by atoms with Gasteiger partial charge in [-0.25, -0.2) is 0 Å². The summed E-state index contributed by atoms with van der Waals surface area (Å²) in [5.41, 5.74) is 0. The van der Waals surface area contributed by atoms with Crippen LogP contribution in [0.15, 0.2) is 0 Å². The van der Waals surface area contributed by atoms with Gasteiger partial charge in [0.25, 0.3) is 0 Å². The number of nitrogens with one attached hydrogen (secondary N) is 1. The zero-order chi connectivity index (χ0) is 25.1. The lowest BCUT2D eigenvalue weighted by atomic mass is 10.0. The zero-order valence-corrected chi connectivity index (χ0v) is 23.0. The first kappa shape index (κ1) is 32.9. The molecule has 1 N–H and O–H groups in total. The third-order valence-electron chi connectivity index (χ3n) is 6.65. The SMILES string of the molecule is [CH2]CNC(=O)C[C@@H](CCCCCCCCCCC)OC(=O)CCCCCCCCCCCCC. The molecule has 201 valence electrons. The Morgan fingerprint density at radius 1 is 0.647 bits per heavy atom. The minimum atomic E-state index is -0.295. The third kappa shape index (κ3) is 24.1. The Labute approximate surface area is 212 Å². The van der Waals surface area contributed by atoms with Gasteiger partial charge in [-0.2, -0.15) is 0 Å². The largest absolute Gasteiger partial charge is 0.462 e.